The molecule has 1 aliphatic heterocycles. The molecule has 70 valence electrons. The zero-order valence-electron chi connectivity index (χ0n) is 7.75. The third-order valence-electron chi connectivity index (χ3n) is 2.49. The predicted molar refractivity (Wildman–Crippen MR) is 50.9 cm³/mol. The van der Waals surface area contributed by atoms with Crippen LogP contribution in [0.4, 0.5) is 0 Å². The van der Waals surface area contributed by atoms with Gasteiger partial charge in [0.15, 0.2) is 0 Å². The quantitative estimate of drug-likeness (QED) is 0.624. The lowest BCUT2D eigenvalue weighted by molar-refractivity contribution is 0.448. The molecule has 0 amide bonds. The van der Waals surface area contributed by atoms with Gasteiger partial charge in [0.25, 0.3) is 0 Å². The SMILES string of the molecule is CC1CNCCc2ccc(O)nc21. The van der Waals surface area contributed by atoms with Crippen LogP contribution in [0.25, 0.3) is 0 Å². The van der Waals surface area contributed by atoms with Gasteiger partial charge in [-0.15, -0.1) is 0 Å². The molecule has 3 nitrogen and oxygen atoms in total. The molecule has 0 saturated carbocycles. The summed E-state index contributed by atoms with van der Waals surface area (Å²) in [6.45, 7) is 4.08. The molecule has 13 heavy (non-hydrogen) atoms. The van der Waals surface area contributed by atoms with E-state index in [4.69, 9.17) is 0 Å². The molecular formula is C10H14N2O. The largest absolute Gasteiger partial charge is 0.493 e. The second-order valence-corrected chi connectivity index (χ2v) is 3.57. The van der Waals surface area contributed by atoms with Crippen LogP contribution >= 0.6 is 0 Å². The molecular weight excluding hydrogens is 164 g/mol. The summed E-state index contributed by atoms with van der Waals surface area (Å²) in [5, 5.41) is 12.6. The highest BCUT2D eigenvalue weighted by Crippen LogP contribution is 2.22. The number of aromatic nitrogens is 1. The van der Waals surface area contributed by atoms with E-state index in [0.717, 1.165) is 25.2 Å². The van der Waals surface area contributed by atoms with Gasteiger partial charge in [-0.25, -0.2) is 4.98 Å². The summed E-state index contributed by atoms with van der Waals surface area (Å²) in [7, 11) is 0. The summed E-state index contributed by atoms with van der Waals surface area (Å²) in [6.07, 6.45) is 1.01. The highest BCUT2D eigenvalue weighted by molar-refractivity contribution is 5.29. The van der Waals surface area contributed by atoms with Gasteiger partial charge in [0.1, 0.15) is 0 Å². The lowest BCUT2D eigenvalue weighted by Gasteiger charge is -2.10. The number of hydrogen-bond acceptors (Lipinski definition) is 3. The van der Waals surface area contributed by atoms with Crippen molar-refractivity contribution in [3.8, 4) is 5.88 Å². The molecule has 1 unspecified atom stereocenters. The van der Waals surface area contributed by atoms with Crippen molar-refractivity contribution < 1.29 is 5.11 Å². The van der Waals surface area contributed by atoms with Crippen molar-refractivity contribution >= 4 is 0 Å². The Kier molecular flexibility index (Phi) is 2.19. The van der Waals surface area contributed by atoms with Gasteiger partial charge in [-0.2, -0.15) is 0 Å². The number of pyridine rings is 1. The van der Waals surface area contributed by atoms with Crippen molar-refractivity contribution in [3.63, 3.8) is 0 Å². The van der Waals surface area contributed by atoms with E-state index in [1.54, 1.807) is 6.07 Å². The van der Waals surface area contributed by atoms with Gasteiger partial charge in [0, 0.05) is 18.5 Å². The molecule has 1 atom stereocenters. The molecule has 0 fully saturated rings. The maximum Gasteiger partial charge on any atom is 0.210 e. The van der Waals surface area contributed by atoms with Gasteiger partial charge >= 0.3 is 0 Å². The van der Waals surface area contributed by atoms with Gasteiger partial charge in [-0.1, -0.05) is 13.0 Å². The molecule has 1 aromatic heterocycles. The number of fused-ring (bicyclic) bond motifs is 1. The molecule has 1 aromatic rings. The summed E-state index contributed by atoms with van der Waals surface area (Å²) in [6, 6.07) is 3.64. The molecule has 2 heterocycles. The molecule has 2 N–H and O–H groups in total. The topological polar surface area (TPSA) is 45.1 Å². The highest BCUT2D eigenvalue weighted by atomic mass is 16.3. The van der Waals surface area contributed by atoms with Crippen LogP contribution in [0.1, 0.15) is 24.1 Å². The van der Waals surface area contributed by atoms with Crippen LogP contribution in [-0.4, -0.2) is 23.2 Å². The monoisotopic (exact) mass is 178 g/mol. The highest BCUT2D eigenvalue weighted by Gasteiger charge is 2.15. The third-order valence-corrected chi connectivity index (χ3v) is 2.49. The average Bonchev–Trinajstić information content (AvgIpc) is 2.29. The first kappa shape index (κ1) is 8.51. The van der Waals surface area contributed by atoms with Crippen molar-refractivity contribution in [3.05, 3.63) is 23.4 Å². The van der Waals surface area contributed by atoms with Crippen LogP contribution < -0.4 is 5.32 Å². The van der Waals surface area contributed by atoms with E-state index in [1.165, 1.54) is 5.56 Å². The fourth-order valence-corrected chi connectivity index (χ4v) is 1.77. The molecule has 0 saturated heterocycles. The lowest BCUT2D eigenvalue weighted by atomic mass is 10.0. The molecule has 0 bridgehead atoms. The number of rotatable bonds is 0. The van der Waals surface area contributed by atoms with E-state index in [1.807, 2.05) is 6.07 Å². The van der Waals surface area contributed by atoms with Gasteiger partial charge < -0.3 is 10.4 Å². The first-order chi connectivity index (χ1) is 6.27. The van der Waals surface area contributed by atoms with E-state index in [9.17, 15) is 5.11 Å². The minimum absolute atomic E-state index is 0.132. The number of nitrogens with zero attached hydrogens (tertiary/aromatic N) is 1. The Hall–Kier alpha value is -1.09. The van der Waals surface area contributed by atoms with Crippen molar-refractivity contribution in [2.45, 2.75) is 19.3 Å². The number of nitrogens with one attached hydrogen (secondary N) is 1. The smallest absolute Gasteiger partial charge is 0.210 e. The Bertz CT molecular complexity index is 312. The van der Waals surface area contributed by atoms with Crippen LogP contribution in [0, 0.1) is 0 Å². The maximum absolute atomic E-state index is 9.27. The zero-order valence-corrected chi connectivity index (χ0v) is 7.75. The second-order valence-electron chi connectivity index (χ2n) is 3.57. The minimum Gasteiger partial charge on any atom is -0.493 e. The standard InChI is InChI=1S/C10H14N2O/c1-7-6-11-5-4-8-2-3-9(13)12-10(7)8/h2-3,7,11H,4-6H2,1H3,(H,12,13). The second kappa shape index (κ2) is 3.34. The summed E-state index contributed by atoms with van der Waals surface area (Å²) in [5.41, 5.74) is 2.31. The molecule has 2 rings (SSSR count). The molecule has 0 aromatic carbocycles. The average molecular weight is 178 g/mol. The minimum atomic E-state index is 0.132. The van der Waals surface area contributed by atoms with E-state index < -0.39 is 0 Å². The molecule has 3 heteroatoms. The zero-order chi connectivity index (χ0) is 9.26. The Morgan fingerprint density at radius 2 is 2.38 bits per heavy atom. The Morgan fingerprint density at radius 1 is 1.54 bits per heavy atom. The number of hydrogen-bond donors (Lipinski definition) is 2. The van der Waals surface area contributed by atoms with Crippen molar-refractivity contribution in [1.29, 1.82) is 0 Å². The summed E-state index contributed by atoms with van der Waals surface area (Å²) in [4.78, 5) is 4.17. The maximum atomic E-state index is 9.27. The summed E-state index contributed by atoms with van der Waals surface area (Å²) in [5.74, 6) is 0.525. The van der Waals surface area contributed by atoms with Crippen molar-refractivity contribution in [1.82, 2.24) is 10.3 Å². The Balaban J connectivity index is 2.43. The van der Waals surface area contributed by atoms with E-state index in [0.29, 0.717) is 5.92 Å². The Labute approximate surface area is 77.8 Å². The Morgan fingerprint density at radius 3 is 3.23 bits per heavy atom. The van der Waals surface area contributed by atoms with Crippen molar-refractivity contribution in [2.75, 3.05) is 13.1 Å². The summed E-state index contributed by atoms with van der Waals surface area (Å²) >= 11 is 0. The number of aromatic hydroxyl groups is 1. The first-order valence-electron chi connectivity index (χ1n) is 4.67. The summed E-state index contributed by atoms with van der Waals surface area (Å²) < 4.78 is 0. The van der Waals surface area contributed by atoms with E-state index in [-0.39, 0.29) is 5.88 Å². The van der Waals surface area contributed by atoms with Crippen LogP contribution in [0.2, 0.25) is 0 Å². The molecule has 0 aliphatic carbocycles. The van der Waals surface area contributed by atoms with Gasteiger partial charge in [-0.3, -0.25) is 0 Å². The third kappa shape index (κ3) is 1.65. The molecule has 1 aliphatic rings. The predicted octanol–water partition coefficient (Wildman–Crippen LogP) is 1.04. The van der Waals surface area contributed by atoms with Crippen LogP contribution in [0.3, 0.4) is 0 Å². The van der Waals surface area contributed by atoms with Crippen molar-refractivity contribution in [2.24, 2.45) is 0 Å². The van der Waals surface area contributed by atoms with Crippen LogP contribution in [0.5, 0.6) is 5.88 Å². The van der Waals surface area contributed by atoms with E-state index >= 15 is 0 Å². The first-order valence-corrected chi connectivity index (χ1v) is 4.67. The fraction of sp³-hybridized carbons (Fsp3) is 0.500. The van der Waals surface area contributed by atoms with E-state index in [2.05, 4.69) is 17.2 Å². The van der Waals surface area contributed by atoms with Gasteiger partial charge in [0.2, 0.25) is 5.88 Å². The van der Waals surface area contributed by atoms with Gasteiger partial charge in [-0.05, 0) is 18.5 Å². The molecule has 0 radical (unpaired) electrons. The van der Waals surface area contributed by atoms with Crippen LogP contribution in [-0.2, 0) is 6.42 Å². The molecule has 0 spiro atoms. The van der Waals surface area contributed by atoms with Crippen LogP contribution in [0.15, 0.2) is 12.1 Å². The van der Waals surface area contributed by atoms with Gasteiger partial charge in [0.05, 0.1) is 5.69 Å². The lowest BCUT2D eigenvalue weighted by Crippen LogP contribution is -2.18. The normalized spacial score (nSPS) is 22.1. The fourth-order valence-electron chi connectivity index (χ4n) is 1.77.